The number of rotatable bonds is 4. The normalized spacial score (nSPS) is 11.7. The Labute approximate surface area is 126 Å². The molecule has 0 spiro atoms. The molecule has 0 saturated heterocycles. The standard InChI is InChI=1S/C15H12N2O4S/c18-14(11-6-2-1-3-7-11)10-17-13-9-5-4-8-12(13)16-15(17)22(19,20)21/h1-9H,10H2,(H,19,20,21). The third kappa shape index (κ3) is 2.63. The van der Waals surface area contributed by atoms with Crippen LogP contribution in [0.4, 0.5) is 0 Å². The van der Waals surface area contributed by atoms with Crippen LogP contribution in [-0.4, -0.2) is 28.3 Å². The molecule has 0 bridgehead atoms. The quantitative estimate of drug-likeness (QED) is 0.588. The van der Waals surface area contributed by atoms with Crippen molar-refractivity contribution in [2.45, 2.75) is 11.7 Å². The molecule has 0 amide bonds. The first-order valence-electron chi connectivity index (χ1n) is 6.48. The number of para-hydroxylation sites is 2. The van der Waals surface area contributed by atoms with Gasteiger partial charge in [-0.25, -0.2) is 4.98 Å². The lowest BCUT2D eigenvalue weighted by molar-refractivity contribution is 0.0970. The summed E-state index contributed by atoms with van der Waals surface area (Å²) < 4.78 is 33.5. The van der Waals surface area contributed by atoms with Crippen molar-refractivity contribution >= 4 is 26.9 Å². The number of ketones is 1. The number of aromatic nitrogens is 2. The molecule has 7 heteroatoms. The molecule has 0 aliphatic rings. The van der Waals surface area contributed by atoms with Gasteiger partial charge in [-0.05, 0) is 12.1 Å². The molecule has 0 radical (unpaired) electrons. The van der Waals surface area contributed by atoms with Crippen molar-refractivity contribution in [3.8, 4) is 0 Å². The fourth-order valence-corrected chi connectivity index (χ4v) is 2.92. The maximum absolute atomic E-state index is 12.3. The van der Waals surface area contributed by atoms with Crippen molar-refractivity contribution in [3.63, 3.8) is 0 Å². The minimum absolute atomic E-state index is 0.223. The molecule has 6 nitrogen and oxygen atoms in total. The number of nitrogens with zero attached hydrogens (tertiary/aromatic N) is 2. The van der Waals surface area contributed by atoms with Crippen LogP contribution in [0.1, 0.15) is 10.4 Å². The Morgan fingerprint density at radius 3 is 2.36 bits per heavy atom. The van der Waals surface area contributed by atoms with Crippen LogP contribution >= 0.6 is 0 Å². The third-order valence-corrected chi connectivity index (χ3v) is 4.02. The molecule has 0 saturated carbocycles. The minimum atomic E-state index is -4.52. The van der Waals surface area contributed by atoms with Gasteiger partial charge in [0.2, 0.25) is 0 Å². The molecule has 1 heterocycles. The minimum Gasteiger partial charge on any atom is -0.305 e. The van der Waals surface area contributed by atoms with Crippen LogP contribution in [0, 0.1) is 0 Å². The van der Waals surface area contributed by atoms with Crippen molar-refractivity contribution in [1.82, 2.24) is 9.55 Å². The van der Waals surface area contributed by atoms with Gasteiger partial charge < -0.3 is 4.57 Å². The van der Waals surface area contributed by atoms with E-state index in [9.17, 15) is 17.8 Å². The molecule has 3 rings (SSSR count). The Bertz CT molecular complexity index is 946. The number of fused-ring (bicyclic) bond motifs is 1. The Balaban J connectivity index is 2.12. The molecule has 3 aromatic rings. The van der Waals surface area contributed by atoms with Crippen LogP contribution in [0.15, 0.2) is 59.8 Å². The van der Waals surface area contributed by atoms with E-state index >= 15 is 0 Å². The molecule has 0 fully saturated rings. The van der Waals surface area contributed by atoms with Crippen molar-refractivity contribution in [2.24, 2.45) is 0 Å². The monoisotopic (exact) mass is 316 g/mol. The van der Waals surface area contributed by atoms with Crippen molar-refractivity contribution in [2.75, 3.05) is 0 Å². The van der Waals surface area contributed by atoms with Gasteiger partial charge in [-0.15, -0.1) is 0 Å². The first-order valence-corrected chi connectivity index (χ1v) is 7.92. The molecule has 0 aliphatic heterocycles. The zero-order valence-corrected chi connectivity index (χ0v) is 12.2. The summed E-state index contributed by atoms with van der Waals surface area (Å²) in [6.45, 7) is -0.223. The first-order chi connectivity index (χ1) is 10.5. The summed E-state index contributed by atoms with van der Waals surface area (Å²) in [6, 6.07) is 15.2. The van der Waals surface area contributed by atoms with Crippen molar-refractivity contribution in [3.05, 3.63) is 60.2 Å². The SMILES string of the molecule is O=C(Cn1c(S(=O)(=O)O)nc2ccccc21)c1ccccc1. The van der Waals surface area contributed by atoms with Gasteiger partial charge in [-0.2, -0.15) is 8.42 Å². The Hall–Kier alpha value is -2.51. The Kier molecular flexibility index (Phi) is 3.51. The lowest BCUT2D eigenvalue weighted by Crippen LogP contribution is -2.16. The van der Waals surface area contributed by atoms with Crippen LogP contribution < -0.4 is 0 Å². The summed E-state index contributed by atoms with van der Waals surface area (Å²) in [5.41, 5.74) is 1.33. The molecule has 112 valence electrons. The van der Waals surface area contributed by atoms with Crippen LogP contribution in [-0.2, 0) is 16.7 Å². The summed E-state index contributed by atoms with van der Waals surface area (Å²) in [7, 11) is -4.52. The largest absolute Gasteiger partial charge is 0.328 e. The maximum atomic E-state index is 12.3. The number of imidazole rings is 1. The van der Waals surface area contributed by atoms with Gasteiger partial charge in [-0.3, -0.25) is 9.35 Å². The molecule has 0 atom stereocenters. The van der Waals surface area contributed by atoms with Gasteiger partial charge in [0.25, 0.3) is 5.16 Å². The molecule has 2 aromatic carbocycles. The van der Waals surface area contributed by atoms with E-state index in [1.165, 1.54) is 4.57 Å². The van der Waals surface area contributed by atoms with Crippen molar-refractivity contribution < 1.29 is 17.8 Å². The van der Waals surface area contributed by atoms with Crippen molar-refractivity contribution in [1.29, 1.82) is 0 Å². The zero-order valence-electron chi connectivity index (χ0n) is 11.4. The predicted octanol–water partition coefficient (Wildman–Crippen LogP) is 2.17. The van der Waals surface area contributed by atoms with E-state index in [1.807, 2.05) is 0 Å². The van der Waals surface area contributed by atoms with Gasteiger partial charge in [0.05, 0.1) is 17.6 Å². The average molecular weight is 316 g/mol. The number of carbonyl (C=O) groups excluding carboxylic acids is 1. The summed E-state index contributed by atoms with van der Waals surface area (Å²) in [5.74, 6) is -0.270. The highest BCUT2D eigenvalue weighted by atomic mass is 32.2. The molecule has 1 aromatic heterocycles. The second-order valence-corrected chi connectivity index (χ2v) is 6.05. The van der Waals surface area contributed by atoms with Gasteiger partial charge in [0.15, 0.2) is 5.78 Å². The number of carbonyl (C=O) groups is 1. The molecule has 0 aliphatic carbocycles. The van der Waals surface area contributed by atoms with Gasteiger partial charge in [-0.1, -0.05) is 42.5 Å². The molecule has 1 N–H and O–H groups in total. The molecular formula is C15H12N2O4S. The van der Waals surface area contributed by atoms with Gasteiger partial charge in [0.1, 0.15) is 0 Å². The molecular weight excluding hydrogens is 304 g/mol. The van der Waals surface area contributed by atoms with Crippen LogP contribution in [0.2, 0.25) is 0 Å². The summed E-state index contributed by atoms with van der Waals surface area (Å²) in [6.07, 6.45) is 0. The number of hydrogen-bond acceptors (Lipinski definition) is 4. The number of hydrogen-bond donors (Lipinski definition) is 1. The topological polar surface area (TPSA) is 89.3 Å². The third-order valence-electron chi connectivity index (χ3n) is 3.25. The van der Waals surface area contributed by atoms with Crippen LogP contribution in [0.5, 0.6) is 0 Å². The van der Waals surface area contributed by atoms with Gasteiger partial charge >= 0.3 is 10.1 Å². The van der Waals surface area contributed by atoms with E-state index in [1.54, 1.807) is 54.6 Å². The summed E-state index contributed by atoms with van der Waals surface area (Å²) in [5, 5.41) is -0.530. The number of Topliss-reactive ketones (excluding diaryl/α,β-unsaturated/α-hetero) is 1. The van der Waals surface area contributed by atoms with Gasteiger partial charge in [0, 0.05) is 5.56 Å². The summed E-state index contributed by atoms with van der Waals surface area (Å²) >= 11 is 0. The number of benzene rings is 2. The lowest BCUT2D eigenvalue weighted by atomic mass is 10.1. The molecule has 22 heavy (non-hydrogen) atoms. The highest BCUT2D eigenvalue weighted by Gasteiger charge is 2.22. The molecule has 0 unspecified atom stereocenters. The smallest absolute Gasteiger partial charge is 0.305 e. The Morgan fingerprint density at radius 2 is 1.68 bits per heavy atom. The fraction of sp³-hybridized carbons (Fsp3) is 0.0667. The highest BCUT2D eigenvalue weighted by molar-refractivity contribution is 7.85. The zero-order chi connectivity index (χ0) is 15.7. The van der Waals surface area contributed by atoms with E-state index in [2.05, 4.69) is 4.98 Å². The predicted molar refractivity (Wildman–Crippen MR) is 80.3 cm³/mol. The second kappa shape index (κ2) is 5.36. The Morgan fingerprint density at radius 1 is 1.05 bits per heavy atom. The first kappa shape index (κ1) is 14.4. The van der Waals surface area contributed by atoms with Crippen LogP contribution in [0.25, 0.3) is 11.0 Å². The van der Waals surface area contributed by atoms with E-state index in [-0.39, 0.29) is 12.3 Å². The summed E-state index contributed by atoms with van der Waals surface area (Å²) in [4.78, 5) is 16.2. The second-order valence-electron chi connectivity index (χ2n) is 4.73. The van der Waals surface area contributed by atoms with E-state index in [0.717, 1.165) is 0 Å². The van der Waals surface area contributed by atoms with E-state index in [4.69, 9.17) is 0 Å². The van der Waals surface area contributed by atoms with E-state index < -0.39 is 15.3 Å². The fourth-order valence-electron chi connectivity index (χ4n) is 2.26. The average Bonchev–Trinajstić information content (AvgIpc) is 2.87. The maximum Gasteiger partial charge on any atom is 0.328 e. The van der Waals surface area contributed by atoms with E-state index in [0.29, 0.717) is 16.6 Å². The van der Waals surface area contributed by atoms with Crippen LogP contribution in [0.3, 0.4) is 0 Å². The lowest BCUT2D eigenvalue weighted by Gasteiger charge is -2.06. The highest BCUT2D eigenvalue weighted by Crippen LogP contribution is 2.20.